The first kappa shape index (κ1) is 20.9. The van der Waals surface area contributed by atoms with Crippen LogP contribution in [0.1, 0.15) is 35.7 Å². The summed E-state index contributed by atoms with van der Waals surface area (Å²) >= 11 is 0. The normalized spacial score (nSPS) is 14.8. The van der Waals surface area contributed by atoms with E-state index in [4.69, 9.17) is 9.84 Å². The van der Waals surface area contributed by atoms with Gasteiger partial charge in [0.2, 0.25) is 0 Å². The first-order valence-electron chi connectivity index (χ1n) is 10.1. The number of likely N-dealkylation sites (N-methyl/N-ethyl adjacent to an activating group) is 1. The van der Waals surface area contributed by atoms with Crippen molar-refractivity contribution in [2.45, 2.75) is 32.4 Å². The van der Waals surface area contributed by atoms with Crippen LogP contribution in [0.25, 0.3) is 0 Å². The smallest absolute Gasteiger partial charge is 0.317 e. The highest BCUT2D eigenvalue weighted by Gasteiger charge is 2.27. The second-order valence-corrected chi connectivity index (χ2v) is 7.28. The van der Waals surface area contributed by atoms with Crippen molar-refractivity contribution in [3.63, 3.8) is 0 Å². The van der Waals surface area contributed by atoms with Gasteiger partial charge in [-0.15, -0.1) is 0 Å². The summed E-state index contributed by atoms with van der Waals surface area (Å²) in [7, 11) is 0. The lowest BCUT2D eigenvalue weighted by Crippen LogP contribution is -2.48. The highest BCUT2D eigenvalue weighted by Crippen LogP contribution is 2.19. The Labute approximate surface area is 171 Å². The topological polar surface area (TPSA) is 70.1 Å². The number of likely N-dealkylation sites (tertiary alicyclic amines) is 1. The van der Waals surface area contributed by atoms with Crippen LogP contribution in [0.15, 0.2) is 54.6 Å². The van der Waals surface area contributed by atoms with E-state index < -0.39 is 5.97 Å². The fraction of sp³-hybridized carbons (Fsp3) is 0.391. The molecule has 1 amide bonds. The van der Waals surface area contributed by atoms with Gasteiger partial charge in [-0.05, 0) is 49.2 Å². The number of para-hydroxylation sites is 1. The van der Waals surface area contributed by atoms with Gasteiger partial charge in [0.15, 0.2) is 0 Å². The van der Waals surface area contributed by atoms with Gasteiger partial charge in [-0.2, -0.15) is 0 Å². The highest BCUT2D eigenvalue weighted by molar-refractivity contribution is 5.94. The van der Waals surface area contributed by atoms with Gasteiger partial charge in [0.1, 0.15) is 12.4 Å². The number of nitrogens with zero attached hydrogens (tertiary/aromatic N) is 2. The summed E-state index contributed by atoms with van der Waals surface area (Å²) in [5.74, 6) is 0.0431. The van der Waals surface area contributed by atoms with Gasteiger partial charge in [-0.25, -0.2) is 0 Å². The van der Waals surface area contributed by atoms with E-state index in [2.05, 4.69) is 0 Å². The van der Waals surface area contributed by atoms with Crippen LogP contribution in [-0.2, 0) is 11.4 Å². The summed E-state index contributed by atoms with van der Waals surface area (Å²) in [5, 5.41) is 9.04. The average Bonchev–Trinajstić information content (AvgIpc) is 2.76. The zero-order valence-corrected chi connectivity index (χ0v) is 16.8. The van der Waals surface area contributed by atoms with E-state index in [1.165, 1.54) is 0 Å². The van der Waals surface area contributed by atoms with E-state index in [1.54, 1.807) is 0 Å². The van der Waals surface area contributed by atoms with Crippen molar-refractivity contribution < 1.29 is 19.4 Å². The van der Waals surface area contributed by atoms with Crippen molar-refractivity contribution in [3.05, 3.63) is 65.7 Å². The average molecular weight is 396 g/mol. The van der Waals surface area contributed by atoms with E-state index in [1.807, 2.05) is 71.3 Å². The lowest BCUT2D eigenvalue weighted by molar-refractivity contribution is -0.139. The van der Waals surface area contributed by atoms with Crippen LogP contribution in [0, 0.1) is 0 Å². The number of hydrogen-bond donors (Lipinski definition) is 1. The molecule has 0 bridgehead atoms. The summed E-state index contributed by atoms with van der Waals surface area (Å²) in [5.41, 5.74) is 1.68. The SMILES string of the molecule is CCN(CC(=O)O)C1CCN(C(=O)c2ccc(COc3ccccc3)cc2)CC1. The molecule has 1 aliphatic rings. The van der Waals surface area contributed by atoms with Gasteiger partial charge >= 0.3 is 5.97 Å². The molecule has 2 aromatic rings. The predicted molar refractivity (Wildman–Crippen MR) is 111 cm³/mol. The molecular formula is C23H28N2O4. The van der Waals surface area contributed by atoms with E-state index in [9.17, 15) is 9.59 Å². The number of rotatable bonds is 8. The summed E-state index contributed by atoms with van der Waals surface area (Å²) < 4.78 is 5.74. The molecule has 1 N–H and O–H groups in total. The van der Waals surface area contributed by atoms with Crippen molar-refractivity contribution in [2.75, 3.05) is 26.2 Å². The summed E-state index contributed by atoms with van der Waals surface area (Å²) in [6.07, 6.45) is 1.60. The standard InChI is InChI=1S/C23H28N2O4/c1-2-24(16-22(26)27)20-12-14-25(15-13-20)23(28)19-10-8-18(9-11-19)17-29-21-6-4-3-5-7-21/h3-11,20H,2,12-17H2,1H3,(H,26,27). The number of carbonyl (C=O) groups is 2. The quantitative estimate of drug-likeness (QED) is 0.742. The Bertz CT molecular complexity index is 799. The minimum Gasteiger partial charge on any atom is -0.489 e. The van der Waals surface area contributed by atoms with Gasteiger partial charge < -0.3 is 14.7 Å². The number of hydrogen-bond acceptors (Lipinski definition) is 4. The molecular weight excluding hydrogens is 368 g/mol. The number of carboxylic acids is 1. The molecule has 0 atom stereocenters. The first-order chi connectivity index (χ1) is 14.1. The largest absolute Gasteiger partial charge is 0.489 e. The van der Waals surface area contributed by atoms with Gasteiger partial charge in [0, 0.05) is 24.7 Å². The van der Waals surface area contributed by atoms with Crippen LogP contribution in [0.2, 0.25) is 0 Å². The second kappa shape index (κ2) is 10.1. The molecule has 1 saturated heterocycles. The Balaban J connectivity index is 1.51. The number of benzene rings is 2. The van der Waals surface area contributed by atoms with Crippen LogP contribution >= 0.6 is 0 Å². The molecule has 1 heterocycles. The Morgan fingerprint density at radius 2 is 1.72 bits per heavy atom. The number of piperidine rings is 1. The summed E-state index contributed by atoms with van der Waals surface area (Å²) in [4.78, 5) is 27.6. The lowest BCUT2D eigenvalue weighted by Gasteiger charge is -2.37. The van der Waals surface area contributed by atoms with Crippen LogP contribution in [0.5, 0.6) is 5.75 Å². The molecule has 0 aliphatic carbocycles. The molecule has 0 unspecified atom stereocenters. The molecule has 29 heavy (non-hydrogen) atoms. The Kier molecular flexibility index (Phi) is 7.25. The maximum absolute atomic E-state index is 12.8. The molecule has 6 nitrogen and oxygen atoms in total. The molecule has 1 fully saturated rings. The number of carboxylic acid groups (broad SMARTS) is 1. The van der Waals surface area contributed by atoms with Crippen molar-refractivity contribution in [1.29, 1.82) is 0 Å². The molecule has 0 radical (unpaired) electrons. The first-order valence-corrected chi connectivity index (χ1v) is 10.1. The van der Waals surface area contributed by atoms with E-state index >= 15 is 0 Å². The fourth-order valence-corrected chi connectivity index (χ4v) is 3.72. The molecule has 1 aliphatic heterocycles. The minimum atomic E-state index is -0.804. The van der Waals surface area contributed by atoms with Crippen molar-refractivity contribution >= 4 is 11.9 Å². The number of ether oxygens (including phenoxy) is 1. The van der Waals surface area contributed by atoms with Crippen molar-refractivity contribution in [2.24, 2.45) is 0 Å². The maximum atomic E-state index is 12.8. The van der Waals surface area contributed by atoms with Crippen LogP contribution in [0.4, 0.5) is 0 Å². The van der Waals surface area contributed by atoms with Crippen molar-refractivity contribution in [3.8, 4) is 5.75 Å². The Morgan fingerprint density at radius 1 is 1.07 bits per heavy atom. The van der Waals surface area contributed by atoms with Crippen molar-refractivity contribution in [1.82, 2.24) is 9.80 Å². The minimum absolute atomic E-state index is 0.0280. The van der Waals surface area contributed by atoms with Gasteiger partial charge in [-0.1, -0.05) is 37.3 Å². The third-order valence-electron chi connectivity index (χ3n) is 5.36. The number of carbonyl (C=O) groups excluding carboxylic acids is 1. The van der Waals surface area contributed by atoms with Crippen LogP contribution < -0.4 is 4.74 Å². The Hall–Kier alpha value is -2.86. The third-order valence-corrected chi connectivity index (χ3v) is 5.36. The van der Waals surface area contributed by atoms with E-state index in [0.29, 0.717) is 31.8 Å². The monoisotopic (exact) mass is 396 g/mol. The number of aliphatic carboxylic acids is 1. The van der Waals surface area contributed by atoms with E-state index in [-0.39, 0.29) is 18.5 Å². The van der Waals surface area contributed by atoms with Crippen LogP contribution in [0.3, 0.4) is 0 Å². The molecule has 0 spiro atoms. The molecule has 3 rings (SSSR count). The molecule has 2 aromatic carbocycles. The van der Waals surface area contributed by atoms with Gasteiger partial charge in [0.25, 0.3) is 5.91 Å². The van der Waals surface area contributed by atoms with Crippen LogP contribution in [-0.4, -0.2) is 59.0 Å². The fourth-order valence-electron chi connectivity index (χ4n) is 3.72. The second-order valence-electron chi connectivity index (χ2n) is 7.28. The molecule has 0 saturated carbocycles. The molecule has 154 valence electrons. The zero-order chi connectivity index (χ0) is 20.6. The zero-order valence-electron chi connectivity index (χ0n) is 16.8. The Morgan fingerprint density at radius 3 is 2.31 bits per heavy atom. The third kappa shape index (κ3) is 5.81. The lowest BCUT2D eigenvalue weighted by atomic mass is 10.0. The summed E-state index contributed by atoms with van der Waals surface area (Å²) in [6.45, 7) is 4.50. The highest BCUT2D eigenvalue weighted by atomic mass is 16.5. The van der Waals surface area contributed by atoms with E-state index in [0.717, 1.165) is 24.2 Å². The molecule has 0 aromatic heterocycles. The number of amides is 1. The predicted octanol–water partition coefficient (Wildman–Crippen LogP) is 3.28. The molecule has 6 heteroatoms. The maximum Gasteiger partial charge on any atom is 0.317 e. The van der Waals surface area contributed by atoms with Gasteiger partial charge in [0.05, 0.1) is 6.54 Å². The van der Waals surface area contributed by atoms with Gasteiger partial charge in [-0.3, -0.25) is 14.5 Å². The summed E-state index contributed by atoms with van der Waals surface area (Å²) in [6, 6.07) is 17.4.